The van der Waals surface area contributed by atoms with Gasteiger partial charge in [0.15, 0.2) is 5.67 Å². The number of hydrogen-bond donors (Lipinski definition) is 2. The third-order valence-electron chi connectivity index (χ3n) is 3.13. The lowest BCUT2D eigenvalue weighted by molar-refractivity contribution is 0.0629. The number of carbonyl (C=O) groups is 1. The maximum atomic E-state index is 13.9. The smallest absolute Gasteiger partial charge is 0.257 e. The minimum atomic E-state index is -1.78. The molecule has 0 bridgehead atoms. The molecule has 2 N–H and O–H groups in total. The predicted molar refractivity (Wildman–Crippen MR) is 69.6 cm³/mol. The van der Waals surface area contributed by atoms with E-state index in [4.69, 9.17) is 28.3 Å². The quantitative estimate of drug-likeness (QED) is 0.881. The monoisotopic (exact) mass is 307 g/mol. The number of aromatic hydroxyl groups is 1. The van der Waals surface area contributed by atoms with E-state index < -0.39 is 18.2 Å². The number of likely N-dealkylation sites (tertiary alicyclic amines) is 1. The molecule has 4 nitrogen and oxygen atoms in total. The third-order valence-corrected chi connectivity index (χ3v) is 3.64. The Labute approximate surface area is 119 Å². The summed E-state index contributed by atoms with van der Waals surface area (Å²) in [5.41, 5.74) is -1.85. The molecule has 1 unspecified atom stereocenters. The summed E-state index contributed by atoms with van der Waals surface area (Å²) in [6.07, 6.45) is 0.0598. The van der Waals surface area contributed by atoms with E-state index in [0.717, 1.165) is 0 Å². The van der Waals surface area contributed by atoms with Crippen LogP contribution in [0.1, 0.15) is 16.8 Å². The van der Waals surface area contributed by atoms with Gasteiger partial charge in [0.1, 0.15) is 5.75 Å². The molecule has 0 aliphatic carbocycles. The largest absolute Gasteiger partial charge is 0.506 e. The van der Waals surface area contributed by atoms with Crippen molar-refractivity contribution in [1.82, 2.24) is 4.90 Å². The van der Waals surface area contributed by atoms with Crippen LogP contribution in [-0.2, 0) is 0 Å². The van der Waals surface area contributed by atoms with E-state index in [0.29, 0.717) is 0 Å². The minimum absolute atomic E-state index is 0.0382. The summed E-state index contributed by atoms with van der Waals surface area (Å²) in [7, 11) is 0. The SMILES string of the molecule is O=C(c1cc(Cl)cc(Cl)c1O)N1CCC(F)(CO)C1. The Balaban J connectivity index is 2.27. The number of rotatable bonds is 2. The van der Waals surface area contributed by atoms with Crippen LogP contribution in [-0.4, -0.2) is 46.4 Å². The Kier molecular flexibility index (Phi) is 3.90. The topological polar surface area (TPSA) is 60.8 Å². The Morgan fingerprint density at radius 3 is 2.74 bits per heavy atom. The molecule has 0 radical (unpaired) electrons. The number of halogens is 3. The van der Waals surface area contributed by atoms with E-state index in [2.05, 4.69) is 0 Å². The highest BCUT2D eigenvalue weighted by Crippen LogP contribution is 2.34. The van der Waals surface area contributed by atoms with Gasteiger partial charge in [-0.25, -0.2) is 4.39 Å². The van der Waals surface area contributed by atoms with Crippen molar-refractivity contribution in [3.63, 3.8) is 0 Å². The van der Waals surface area contributed by atoms with Crippen LogP contribution in [0.25, 0.3) is 0 Å². The van der Waals surface area contributed by atoms with Gasteiger partial charge >= 0.3 is 0 Å². The molecule has 1 aliphatic rings. The Morgan fingerprint density at radius 1 is 1.47 bits per heavy atom. The number of hydrogen-bond acceptors (Lipinski definition) is 3. The molecule has 19 heavy (non-hydrogen) atoms. The number of alkyl halides is 1. The van der Waals surface area contributed by atoms with Crippen LogP contribution in [0.3, 0.4) is 0 Å². The standard InChI is InChI=1S/C12H12Cl2FNO3/c13-7-3-8(10(18)9(14)4-7)11(19)16-2-1-12(15,5-16)6-17/h3-4,17-18H,1-2,5-6H2. The van der Waals surface area contributed by atoms with Crippen molar-refractivity contribution < 1.29 is 19.4 Å². The average molecular weight is 308 g/mol. The van der Waals surface area contributed by atoms with E-state index in [1.54, 1.807) is 0 Å². The molecule has 2 rings (SSSR count). The molecule has 1 saturated heterocycles. The second-order valence-electron chi connectivity index (χ2n) is 4.57. The van der Waals surface area contributed by atoms with Crippen LogP contribution in [0.2, 0.25) is 10.0 Å². The van der Waals surface area contributed by atoms with Gasteiger partial charge in [0.25, 0.3) is 5.91 Å². The van der Waals surface area contributed by atoms with Gasteiger partial charge in [-0.15, -0.1) is 0 Å². The normalized spacial score (nSPS) is 22.8. The average Bonchev–Trinajstić information content (AvgIpc) is 2.76. The molecule has 1 fully saturated rings. The summed E-state index contributed by atoms with van der Waals surface area (Å²) in [4.78, 5) is 13.4. The molecule has 1 aromatic rings. The zero-order valence-corrected chi connectivity index (χ0v) is 11.4. The van der Waals surface area contributed by atoms with Crippen molar-refractivity contribution in [2.45, 2.75) is 12.1 Å². The van der Waals surface area contributed by atoms with Crippen LogP contribution < -0.4 is 0 Å². The fourth-order valence-corrected chi connectivity index (χ4v) is 2.53. The molecule has 1 aromatic carbocycles. The second-order valence-corrected chi connectivity index (χ2v) is 5.41. The molecular formula is C12H12Cl2FNO3. The van der Waals surface area contributed by atoms with Crippen LogP contribution >= 0.6 is 23.2 Å². The fraction of sp³-hybridized carbons (Fsp3) is 0.417. The van der Waals surface area contributed by atoms with Crippen molar-refractivity contribution in [2.24, 2.45) is 0 Å². The fourth-order valence-electron chi connectivity index (χ4n) is 2.04. The molecule has 7 heteroatoms. The van der Waals surface area contributed by atoms with Crippen LogP contribution in [0.15, 0.2) is 12.1 Å². The Bertz CT molecular complexity index is 526. The molecule has 1 atom stereocenters. The summed E-state index contributed by atoms with van der Waals surface area (Å²) < 4.78 is 13.9. The maximum Gasteiger partial charge on any atom is 0.257 e. The number of amides is 1. The number of nitrogens with zero attached hydrogens (tertiary/aromatic N) is 1. The van der Waals surface area contributed by atoms with Gasteiger partial charge in [-0.2, -0.15) is 0 Å². The van der Waals surface area contributed by atoms with Crippen LogP contribution in [0.5, 0.6) is 5.75 Å². The lowest BCUT2D eigenvalue weighted by Crippen LogP contribution is -2.35. The molecule has 0 spiro atoms. The Hall–Kier alpha value is -1.04. The molecular weight excluding hydrogens is 296 g/mol. The van der Waals surface area contributed by atoms with Gasteiger partial charge in [-0.05, 0) is 12.1 Å². The highest BCUT2D eigenvalue weighted by Gasteiger charge is 2.40. The second kappa shape index (κ2) is 5.15. The number of benzene rings is 1. The zero-order chi connectivity index (χ0) is 14.2. The zero-order valence-electron chi connectivity index (χ0n) is 9.87. The number of carbonyl (C=O) groups excluding carboxylic acids is 1. The van der Waals surface area contributed by atoms with Gasteiger partial charge in [0.2, 0.25) is 0 Å². The van der Waals surface area contributed by atoms with E-state index in [1.165, 1.54) is 17.0 Å². The number of aliphatic hydroxyl groups excluding tert-OH is 1. The minimum Gasteiger partial charge on any atom is -0.506 e. The molecule has 104 valence electrons. The van der Waals surface area contributed by atoms with Crippen LogP contribution in [0, 0.1) is 0 Å². The van der Waals surface area contributed by atoms with Crippen molar-refractivity contribution in [3.05, 3.63) is 27.7 Å². The third kappa shape index (κ3) is 2.78. The van der Waals surface area contributed by atoms with Gasteiger partial charge in [0, 0.05) is 18.0 Å². The molecule has 1 amide bonds. The number of aliphatic hydroxyl groups is 1. The van der Waals surface area contributed by atoms with E-state index in [-0.39, 0.29) is 40.9 Å². The first-order valence-corrected chi connectivity index (χ1v) is 6.39. The molecule has 0 aromatic heterocycles. The molecule has 0 saturated carbocycles. The predicted octanol–water partition coefficient (Wildman–Crippen LogP) is 2.25. The van der Waals surface area contributed by atoms with Gasteiger partial charge < -0.3 is 15.1 Å². The maximum absolute atomic E-state index is 13.9. The van der Waals surface area contributed by atoms with Gasteiger partial charge in [-0.3, -0.25) is 4.79 Å². The van der Waals surface area contributed by atoms with Crippen LogP contribution in [0.4, 0.5) is 4.39 Å². The highest BCUT2D eigenvalue weighted by molar-refractivity contribution is 6.36. The van der Waals surface area contributed by atoms with Crippen molar-refractivity contribution in [1.29, 1.82) is 0 Å². The summed E-state index contributed by atoms with van der Waals surface area (Å²) in [6, 6.07) is 2.59. The number of phenols is 1. The van der Waals surface area contributed by atoms with Crippen molar-refractivity contribution >= 4 is 29.1 Å². The van der Waals surface area contributed by atoms with E-state index >= 15 is 0 Å². The highest BCUT2D eigenvalue weighted by atomic mass is 35.5. The molecule has 1 heterocycles. The van der Waals surface area contributed by atoms with Gasteiger partial charge in [0.05, 0.1) is 23.7 Å². The van der Waals surface area contributed by atoms with Crippen molar-refractivity contribution in [2.75, 3.05) is 19.7 Å². The van der Waals surface area contributed by atoms with Crippen molar-refractivity contribution in [3.8, 4) is 5.75 Å². The first kappa shape index (κ1) is 14.4. The number of phenolic OH excluding ortho intramolecular Hbond substituents is 1. The van der Waals surface area contributed by atoms with E-state index in [9.17, 15) is 14.3 Å². The first-order chi connectivity index (χ1) is 8.86. The lowest BCUT2D eigenvalue weighted by Gasteiger charge is -2.19. The lowest BCUT2D eigenvalue weighted by atomic mass is 10.1. The van der Waals surface area contributed by atoms with Gasteiger partial charge in [-0.1, -0.05) is 23.2 Å². The van der Waals surface area contributed by atoms with E-state index in [1.807, 2.05) is 0 Å². The molecule has 1 aliphatic heterocycles. The summed E-state index contributed by atoms with van der Waals surface area (Å²) in [5, 5.41) is 18.9. The first-order valence-electron chi connectivity index (χ1n) is 5.63. The Morgan fingerprint density at radius 2 is 2.16 bits per heavy atom. The summed E-state index contributed by atoms with van der Waals surface area (Å²) in [5.74, 6) is -0.939. The summed E-state index contributed by atoms with van der Waals surface area (Å²) in [6.45, 7) is -0.690. The summed E-state index contributed by atoms with van der Waals surface area (Å²) >= 11 is 11.5.